The van der Waals surface area contributed by atoms with Crippen LogP contribution in [0.5, 0.6) is 0 Å². The Labute approximate surface area is 88.6 Å². The van der Waals surface area contributed by atoms with Gasteiger partial charge in [-0.15, -0.1) is 0 Å². The summed E-state index contributed by atoms with van der Waals surface area (Å²) in [6, 6.07) is 0.697. The third-order valence-corrected chi connectivity index (χ3v) is 3.62. The van der Waals surface area contributed by atoms with Gasteiger partial charge in [0.1, 0.15) is 0 Å². The Kier molecular flexibility index (Phi) is 5.49. The second-order valence-corrected chi connectivity index (χ2v) is 4.80. The predicted octanol–water partition coefficient (Wildman–Crippen LogP) is 2.14. The standard InChI is InChI=1S/C12H26N2/c1-3-10(2)8-11(9-13)12-6-4-5-7-14-12/h10-12,14H,3-9,13H2,1-2H3/t10-,11-,12+/m1/s1. The summed E-state index contributed by atoms with van der Waals surface area (Å²) in [4.78, 5) is 0. The first-order valence-corrected chi connectivity index (χ1v) is 6.21. The molecule has 0 aromatic heterocycles. The topological polar surface area (TPSA) is 38.0 Å². The van der Waals surface area contributed by atoms with Gasteiger partial charge in [0.2, 0.25) is 0 Å². The Balaban J connectivity index is 2.35. The Hall–Kier alpha value is -0.0800. The molecule has 1 aliphatic rings. The molecule has 0 radical (unpaired) electrons. The molecule has 0 aromatic carbocycles. The molecule has 84 valence electrons. The van der Waals surface area contributed by atoms with Crippen molar-refractivity contribution < 1.29 is 0 Å². The van der Waals surface area contributed by atoms with E-state index < -0.39 is 0 Å². The summed E-state index contributed by atoms with van der Waals surface area (Å²) in [5.41, 5.74) is 5.87. The molecule has 1 saturated heterocycles. The molecule has 0 spiro atoms. The minimum absolute atomic E-state index is 0.697. The average molecular weight is 198 g/mol. The Morgan fingerprint density at radius 1 is 1.43 bits per heavy atom. The lowest BCUT2D eigenvalue weighted by Gasteiger charge is -2.32. The molecular formula is C12H26N2. The van der Waals surface area contributed by atoms with E-state index in [1.54, 1.807) is 0 Å². The first-order valence-electron chi connectivity index (χ1n) is 6.21. The van der Waals surface area contributed by atoms with Crippen LogP contribution in [0.1, 0.15) is 46.0 Å². The van der Waals surface area contributed by atoms with Gasteiger partial charge in [-0.25, -0.2) is 0 Å². The number of nitrogens with two attached hydrogens (primary N) is 1. The highest BCUT2D eigenvalue weighted by Gasteiger charge is 2.23. The van der Waals surface area contributed by atoms with Crippen molar-refractivity contribution in [2.24, 2.45) is 17.6 Å². The SMILES string of the molecule is CC[C@@H](C)C[C@H](CN)[C@@H]1CCCCN1. The van der Waals surface area contributed by atoms with Gasteiger partial charge in [0, 0.05) is 6.04 Å². The van der Waals surface area contributed by atoms with Gasteiger partial charge in [-0.05, 0) is 44.2 Å². The van der Waals surface area contributed by atoms with Crippen LogP contribution in [0.4, 0.5) is 0 Å². The molecule has 1 aliphatic heterocycles. The average Bonchev–Trinajstić information content (AvgIpc) is 2.26. The van der Waals surface area contributed by atoms with Crippen LogP contribution in [0, 0.1) is 11.8 Å². The van der Waals surface area contributed by atoms with Crippen molar-refractivity contribution in [2.45, 2.75) is 52.0 Å². The van der Waals surface area contributed by atoms with Gasteiger partial charge in [-0.1, -0.05) is 26.7 Å². The molecule has 14 heavy (non-hydrogen) atoms. The molecule has 3 N–H and O–H groups in total. The maximum Gasteiger partial charge on any atom is 0.0107 e. The molecular weight excluding hydrogens is 172 g/mol. The Morgan fingerprint density at radius 2 is 2.21 bits per heavy atom. The van der Waals surface area contributed by atoms with Crippen LogP contribution in [-0.2, 0) is 0 Å². The van der Waals surface area contributed by atoms with E-state index in [4.69, 9.17) is 5.73 Å². The molecule has 1 fully saturated rings. The van der Waals surface area contributed by atoms with Crippen LogP contribution in [0.15, 0.2) is 0 Å². The fraction of sp³-hybridized carbons (Fsp3) is 1.00. The molecule has 0 unspecified atom stereocenters. The van der Waals surface area contributed by atoms with Crippen molar-refractivity contribution in [3.8, 4) is 0 Å². The first kappa shape index (κ1) is 12.0. The third-order valence-electron chi connectivity index (χ3n) is 3.62. The Morgan fingerprint density at radius 3 is 2.71 bits per heavy atom. The van der Waals surface area contributed by atoms with Crippen molar-refractivity contribution in [3.05, 3.63) is 0 Å². The number of hydrogen-bond acceptors (Lipinski definition) is 2. The fourth-order valence-corrected chi connectivity index (χ4v) is 2.39. The molecule has 0 amide bonds. The molecule has 1 heterocycles. The van der Waals surface area contributed by atoms with Crippen LogP contribution in [0.3, 0.4) is 0 Å². The molecule has 1 rings (SSSR count). The Bertz CT molecular complexity index is 141. The molecule has 3 atom stereocenters. The number of rotatable bonds is 5. The van der Waals surface area contributed by atoms with Gasteiger partial charge in [0.25, 0.3) is 0 Å². The molecule has 0 saturated carbocycles. The van der Waals surface area contributed by atoms with Crippen LogP contribution in [0.25, 0.3) is 0 Å². The minimum atomic E-state index is 0.697. The van der Waals surface area contributed by atoms with Crippen molar-refractivity contribution >= 4 is 0 Å². The van der Waals surface area contributed by atoms with Gasteiger partial charge in [0.15, 0.2) is 0 Å². The lowest BCUT2D eigenvalue weighted by Crippen LogP contribution is -2.43. The molecule has 0 aromatic rings. The highest BCUT2D eigenvalue weighted by molar-refractivity contribution is 4.81. The largest absolute Gasteiger partial charge is 0.330 e. The highest BCUT2D eigenvalue weighted by Crippen LogP contribution is 2.22. The molecule has 0 aliphatic carbocycles. The summed E-state index contributed by atoms with van der Waals surface area (Å²) in [5.74, 6) is 1.53. The summed E-state index contributed by atoms with van der Waals surface area (Å²) in [5, 5.41) is 3.62. The predicted molar refractivity (Wildman–Crippen MR) is 62.3 cm³/mol. The number of hydrogen-bond donors (Lipinski definition) is 2. The van der Waals surface area contributed by atoms with Crippen molar-refractivity contribution in [1.82, 2.24) is 5.32 Å². The van der Waals surface area contributed by atoms with Crippen LogP contribution >= 0.6 is 0 Å². The zero-order valence-corrected chi connectivity index (χ0v) is 9.76. The van der Waals surface area contributed by atoms with E-state index in [1.165, 1.54) is 38.6 Å². The van der Waals surface area contributed by atoms with Gasteiger partial charge in [-0.3, -0.25) is 0 Å². The van der Waals surface area contributed by atoms with Crippen molar-refractivity contribution in [3.63, 3.8) is 0 Å². The van der Waals surface area contributed by atoms with E-state index in [0.29, 0.717) is 12.0 Å². The number of nitrogens with one attached hydrogen (secondary N) is 1. The first-order chi connectivity index (χ1) is 6.77. The quantitative estimate of drug-likeness (QED) is 0.710. The van der Waals surface area contributed by atoms with E-state index in [1.807, 2.05) is 0 Å². The lowest BCUT2D eigenvalue weighted by atomic mass is 9.85. The number of piperidine rings is 1. The second kappa shape index (κ2) is 6.41. The van der Waals surface area contributed by atoms with Crippen LogP contribution in [0.2, 0.25) is 0 Å². The van der Waals surface area contributed by atoms with Crippen molar-refractivity contribution in [1.29, 1.82) is 0 Å². The zero-order valence-electron chi connectivity index (χ0n) is 9.76. The minimum Gasteiger partial charge on any atom is -0.330 e. The summed E-state index contributed by atoms with van der Waals surface area (Å²) >= 11 is 0. The van der Waals surface area contributed by atoms with Crippen molar-refractivity contribution in [2.75, 3.05) is 13.1 Å². The fourth-order valence-electron chi connectivity index (χ4n) is 2.39. The van der Waals surface area contributed by atoms with E-state index in [9.17, 15) is 0 Å². The maximum absolute atomic E-state index is 5.87. The summed E-state index contributed by atoms with van der Waals surface area (Å²) in [6.07, 6.45) is 6.64. The molecule has 0 bridgehead atoms. The lowest BCUT2D eigenvalue weighted by molar-refractivity contribution is 0.257. The van der Waals surface area contributed by atoms with Crippen LogP contribution in [-0.4, -0.2) is 19.1 Å². The molecule has 2 heteroatoms. The normalized spacial score (nSPS) is 27.2. The highest BCUT2D eigenvalue weighted by atomic mass is 14.9. The maximum atomic E-state index is 5.87. The van der Waals surface area contributed by atoms with Gasteiger partial charge in [-0.2, -0.15) is 0 Å². The summed E-state index contributed by atoms with van der Waals surface area (Å²) in [6.45, 7) is 6.65. The van der Waals surface area contributed by atoms with E-state index >= 15 is 0 Å². The van der Waals surface area contributed by atoms with Gasteiger partial charge >= 0.3 is 0 Å². The van der Waals surface area contributed by atoms with E-state index in [0.717, 1.165) is 12.5 Å². The summed E-state index contributed by atoms with van der Waals surface area (Å²) < 4.78 is 0. The molecule has 2 nitrogen and oxygen atoms in total. The second-order valence-electron chi connectivity index (χ2n) is 4.80. The van der Waals surface area contributed by atoms with Gasteiger partial charge < -0.3 is 11.1 Å². The van der Waals surface area contributed by atoms with E-state index in [-0.39, 0.29) is 0 Å². The van der Waals surface area contributed by atoms with E-state index in [2.05, 4.69) is 19.2 Å². The monoisotopic (exact) mass is 198 g/mol. The van der Waals surface area contributed by atoms with Gasteiger partial charge in [0.05, 0.1) is 0 Å². The third kappa shape index (κ3) is 3.58. The van der Waals surface area contributed by atoms with Crippen LogP contribution < -0.4 is 11.1 Å². The zero-order chi connectivity index (χ0) is 10.4. The summed E-state index contributed by atoms with van der Waals surface area (Å²) in [7, 11) is 0. The smallest absolute Gasteiger partial charge is 0.0107 e.